The van der Waals surface area contributed by atoms with E-state index in [1.807, 2.05) is 30.3 Å². The molecule has 22 heavy (non-hydrogen) atoms. The van der Waals surface area contributed by atoms with Gasteiger partial charge in [0.15, 0.2) is 0 Å². The molecule has 124 valence electrons. The highest BCUT2D eigenvalue weighted by atomic mass is 32.2. The molecule has 6 heteroatoms. The van der Waals surface area contributed by atoms with Gasteiger partial charge in [-0.2, -0.15) is 17.4 Å². The van der Waals surface area contributed by atoms with Crippen molar-refractivity contribution in [2.45, 2.75) is 38.8 Å². The zero-order valence-corrected chi connectivity index (χ0v) is 14.3. The van der Waals surface area contributed by atoms with Crippen molar-refractivity contribution in [3.05, 3.63) is 35.9 Å². The van der Waals surface area contributed by atoms with Gasteiger partial charge in [-0.15, -0.1) is 0 Å². The number of hydrogen-bond acceptors (Lipinski definition) is 3. The molecule has 1 aliphatic rings. The van der Waals surface area contributed by atoms with Crippen LogP contribution in [0.15, 0.2) is 30.3 Å². The molecule has 1 aromatic carbocycles. The predicted molar refractivity (Wildman–Crippen MR) is 89.7 cm³/mol. The second-order valence-corrected chi connectivity index (χ2v) is 7.88. The summed E-state index contributed by atoms with van der Waals surface area (Å²) >= 11 is 0. The molecule has 0 unspecified atom stereocenters. The summed E-state index contributed by atoms with van der Waals surface area (Å²) < 4.78 is 28.6. The summed E-state index contributed by atoms with van der Waals surface area (Å²) in [7, 11) is -1.78. The average molecular weight is 325 g/mol. The Hall–Kier alpha value is -0.950. The Kier molecular flexibility index (Phi) is 6.37. The minimum absolute atomic E-state index is 0.327. The molecule has 0 aromatic heterocycles. The van der Waals surface area contributed by atoms with Crippen LogP contribution in [0.5, 0.6) is 0 Å². The zero-order chi connectivity index (χ0) is 16.0. The van der Waals surface area contributed by atoms with E-state index >= 15 is 0 Å². The Morgan fingerprint density at radius 1 is 1.27 bits per heavy atom. The second-order valence-electron chi connectivity index (χ2n) is 6.01. The van der Waals surface area contributed by atoms with Gasteiger partial charge in [0, 0.05) is 32.7 Å². The maximum Gasteiger partial charge on any atom is 0.279 e. The summed E-state index contributed by atoms with van der Waals surface area (Å²) in [5, 5.41) is 0. The number of rotatable bonds is 7. The highest BCUT2D eigenvalue weighted by Crippen LogP contribution is 2.15. The molecule has 0 bridgehead atoms. The van der Waals surface area contributed by atoms with E-state index in [-0.39, 0.29) is 0 Å². The molecule has 1 N–H and O–H groups in total. The third-order valence-electron chi connectivity index (χ3n) is 4.35. The van der Waals surface area contributed by atoms with Gasteiger partial charge in [0.05, 0.1) is 0 Å². The molecule has 0 saturated carbocycles. The molecule has 1 atom stereocenters. The summed E-state index contributed by atoms with van der Waals surface area (Å²) in [5.74, 6) is 0. The molecule has 5 nitrogen and oxygen atoms in total. The zero-order valence-electron chi connectivity index (χ0n) is 13.5. The highest BCUT2D eigenvalue weighted by molar-refractivity contribution is 7.87. The summed E-state index contributed by atoms with van der Waals surface area (Å²) in [6.45, 7) is 4.94. The summed E-state index contributed by atoms with van der Waals surface area (Å²) in [6, 6.07) is 10.1. The van der Waals surface area contributed by atoms with E-state index in [0.717, 1.165) is 18.7 Å². The number of likely N-dealkylation sites (tertiary alicyclic amines) is 1. The van der Waals surface area contributed by atoms with Gasteiger partial charge in [-0.1, -0.05) is 36.8 Å². The normalized spacial score (nSPS) is 20.4. The van der Waals surface area contributed by atoms with Crippen LogP contribution in [0.2, 0.25) is 0 Å². The first-order valence-electron chi connectivity index (χ1n) is 7.98. The van der Waals surface area contributed by atoms with E-state index in [4.69, 9.17) is 0 Å². The lowest BCUT2D eigenvalue weighted by molar-refractivity contribution is 0.154. The van der Waals surface area contributed by atoms with Gasteiger partial charge in [-0.05, 0) is 31.9 Å². The fourth-order valence-corrected chi connectivity index (χ4v) is 3.65. The molecule has 0 spiro atoms. The summed E-state index contributed by atoms with van der Waals surface area (Å²) in [5.41, 5.74) is 0.962. The lowest BCUT2D eigenvalue weighted by Crippen LogP contribution is -2.45. The number of benzene rings is 1. The van der Waals surface area contributed by atoms with Crippen LogP contribution >= 0.6 is 0 Å². The van der Waals surface area contributed by atoms with Crippen molar-refractivity contribution >= 4 is 10.2 Å². The Balaban J connectivity index is 1.81. The van der Waals surface area contributed by atoms with Crippen molar-refractivity contribution in [1.82, 2.24) is 13.9 Å². The Morgan fingerprint density at radius 3 is 2.68 bits per heavy atom. The van der Waals surface area contributed by atoms with E-state index in [1.165, 1.54) is 23.6 Å². The fraction of sp³-hybridized carbons (Fsp3) is 0.625. The highest BCUT2D eigenvalue weighted by Gasteiger charge is 2.21. The maximum absolute atomic E-state index is 12.3. The number of nitrogens with zero attached hydrogens (tertiary/aromatic N) is 2. The van der Waals surface area contributed by atoms with E-state index in [9.17, 15) is 8.42 Å². The molecule has 1 saturated heterocycles. The van der Waals surface area contributed by atoms with E-state index in [1.54, 1.807) is 7.05 Å². The first-order valence-corrected chi connectivity index (χ1v) is 9.42. The molecule has 0 amide bonds. The standard InChI is InChI=1S/C16H27N3O2S/c1-15-8-6-7-11-19(15)13-12-18(2)22(20,21)17-14-16-9-4-3-5-10-16/h3-5,9-10,15,17H,6-8,11-14H2,1-2H3/t15-/m0/s1. The van der Waals surface area contributed by atoms with Crippen LogP contribution in [-0.2, 0) is 16.8 Å². The monoisotopic (exact) mass is 325 g/mol. The van der Waals surface area contributed by atoms with Crippen LogP contribution in [0.4, 0.5) is 0 Å². The molecule has 1 aliphatic heterocycles. The Morgan fingerprint density at radius 2 is 2.00 bits per heavy atom. The van der Waals surface area contributed by atoms with Crippen LogP contribution in [-0.4, -0.2) is 50.3 Å². The van der Waals surface area contributed by atoms with Crippen molar-refractivity contribution in [3.8, 4) is 0 Å². The minimum Gasteiger partial charge on any atom is -0.299 e. The number of likely N-dealkylation sites (N-methyl/N-ethyl adjacent to an activating group) is 1. The number of hydrogen-bond donors (Lipinski definition) is 1. The third-order valence-corrected chi connectivity index (χ3v) is 5.87. The van der Waals surface area contributed by atoms with Crippen LogP contribution in [0.3, 0.4) is 0 Å². The van der Waals surface area contributed by atoms with Gasteiger partial charge in [-0.25, -0.2) is 0 Å². The van der Waals surface area contributed by atoms with Gasteiger partial charge in [0.1, 0.15) is 0 Å². The lowest BCUT2D eigenvalue weighted by Gasteiger charge is -2.34. The fourth-order valence-electron chi connectivity index (χ4n) is 2.76. The number of piperidine rings is 1. The van der Waals surface area contributed by atoms with E-state index in [2.05, 4.69) is 16.5 Å². The molecular formula is C16H27N3O2S. The van der Waals surface area contributed by atoms with Crippen molar-refractivity contribution < 1.29 is 8.42 Å². The average Bonchev–Trinajstić information content (AvgIpc) is 2.53. The van der Waals surface area contributed by atoms with Crippen LogP contribution < -0.4 is 4.72 Å². The van der Waals surface area contributed by atoms with Gasteiger partial charge in [0.2, 0.25) is 0 Å². The Bertz CT molecular complexity index is 548. The SMILES string of the molecule is C[C@H]1CCCCN1CCN(C)S(=O)(=O)NCc1ccccc1. The van der Waals surface area contributed by atoms with E-state index < -0.39 is 10.2 Å². The molecule has 2 rings (SSSR count). The molecule has 0 aliphatic carbocycles. The molecule has 1 aromatic rings. The lowest BCUT2D eigenvalue weighted by atomic mass is 10.0. The second kappa shape index (κ2) is 8.06. The molecule has 1 heterocycles. The first kappa shape index (κ1) is 17.4. The van der Waals surface area contributed by atoms with Gasteiger partial charge >= 0.3 is 0 Å². The van der Waals surface area contributed by atoms with Crippen molar-refractivity contribution in [3.63, 3.8) is 0 Å². The third kappa shape index (κ3) is 5.05. The van der Waals surface area contributed by atoms with Crippen molar-refractivity contribution in [2.75, 3.05) is 26.7 Å². The van der Waals surface area contributed by atoms with E-state index in [0.29, 0.717) is 19.1 Å². The molecular weight excluding hydrogens is 298 g/mol. The van der Waals surface area contributed by atoms with Crippen LogP contribution in [0.1, 0.15) is 31.7 Å². The topological polar surface area (TPSA) is 52.7 Å². The predicted octanol–water partition coefficient (Wildman–Crippen LogP) is 1.83. The van der Waals surface area contributed by atoms with Crippen LogP contribution in [0.25, 0.3) is 0 Å². The summed E-state index contributed by atoms with van der Waals surface area (Å²) in [6.07, 6.45) is 3.71. The maximum atomic E-state index is 12.3. The largest absolute Gasteiger partial charge is 0.299 e. The van der Waals surface area contributed by atoms with Gasteiger partial charge < -0.3 is 0 Å². The minimum atomic E-state index is -3.42. The van der Waals surface area contributed by atoms with Gasteiger partial charge in [-0.3, -0.25) is 4.90 Å². The quantitative estimate of drug-likeness (QED) is 0.832. The number of nitrogens with one attached hydrogen (secondary N) is 1. The van der Waals surface area contributed by atoms with Crippen molar-refractivity contribution in [1.29, 1.82) is 0 Å². The van der Waals surface area contributed by atoms with Gasteiger partial charge in [0.25, 0.3) is 10.2 Å². The van der Waals surface area contributed by atoms with Crippen molar-refractivity contribution in [2.24, 2.45) is 0 Å². The molecule has 1 fully saturated rings. The first-order chi connectivity index (χ1) is 10.5. The Labute approximate surface area is 134 Å². The molecule has 0 radical (unpaired) electrons. The summed E-state index contributed by atoms with van der Waals surface area (Å²) in [4.78, 5) is 2.38. The smallest absolute Gasteiger partial charge is 0.279 e. The van der Waals surface area contributed by atoms with Crippen LogP contribution in [0, 0.1) is 0 Å².